The van der Waals surface area contributed by atoms with Gasteiger partial charge in [0.1, 0.15) is 5.54 Å². The summed E-state index contributed by atoms with van der Waals surface area (Å²) in [5, 5.41) is 3.57. The summed E-state index contributed by atoms with van der Waals surface area (Å²) in [7, 11) is 0. The van der Waals surface area contributed by atoms with Crippen molar-refractivity contribution in [3.63, 3.8) is 0 Å². The lowest BCUT2D eigenvalue weighted by molar-refractivity contribution is -0.141. The first-order chi connectivity index (χ1) is 13.8. The number of hydrazine groups is 1. The predicted octanol–water partition coefficient (Wildman–Crippen LogP) is 1.94. The molecular weight excluding hydrogens is 372 g/mol. The first-order valence-electron chi connectivity index (χ1n) is 10.2. The number of rotatable bonds is 3. The zero-order valence-electron chi connectivity index (χ0n) is 16.8. The van der Waals surface area contributed by atoms with E-state index in [0.29, 0.717) is 12.8 Å². The van der Waals surface area contributed by atoms with Gasteiger partial charge in [-0.25, -0.2) is 4.79 Å². The summed E-state index contributed by atoms with van der Waals surface area (Å²) in [4.78, 5) is 52.1. The van der Waals surface area contributed by atoms with Crippen LogP contribution in [-0.2, 0) is 14.4 Å². The standard InChI is InChI=1S/C21H26N4O4/c1-13-7-6-8-16(14(13)2)24-12-15(11-17(24)26)18(27)23-25-19(28)21(22-20(25)29)9-4-3-5-10-21/h6-8,15H,3-5,9-12H2,1-2H3,(H,22,29)(H,23,27). The zero-order chi connectivity index (χ0) is 20.8. The number of carbonyl (C=O) groups excluding carboxylic acids is 4. The SMILES string of the molecule is Cc1cccc(N2CC(C(=O)NN3C(=O)NC4(CCCCC4)C3=O)CC2=O)c1C. The first-order valence-corrected chi connectivity index (χ1v) is 10.2. The van der Waals surface area contributed by atoms with Gasteiger partial charge in [0.05, 0.1) is 5.92 Å². The van der Waals surface area contributed by atoms with E-state index in [4.69, 9.17) is 0 Å². The number of carbonyl (C=O) groups is 4. The molecule has 0 aromatic heterocycles. The number of imide groups is 1. The van der Waals surface area contributed by atoms with Crippen molar-refractivity contribution < 1.29 is 19.2 Å². The molecule has 1 aromatic rings. The number of nitrogens with one attached hydrogen (secondary N) is 2. The Morgan fingerprint density at radius 1 is 1.14 bits per heavy atom. The van der Waals surface area contributed by atoms with Crippen LogP contribution in [0.15, 0.2) is 18.2 Å². The van der Waals surface area contributed by atoms with Gasteiger partial charge < -0.3 is 10.2 Å². The number of urea groups is 1. The van der Waals surface area contributed by atoms with Crippen LogP contribution in [-0.4, -0.2) is 40.8 Å². The molecular formula is C21H26N4O4. The topological polar surface area (TPSA) is 98.8 Å². The Labute approximate surface area is 169 Å². The third-order valence-electron chi connectivity index (χ3n) is 6.45. The summed E-state index contributed by atoms with van der Waals surface area (Å²) in [5.41, 5.74) is 4.43. The van der Waals surface area contributed by atoms with E-state index in [0.717, 1.165) is 41.1 Å². The molecule has 1 spiro atoms. The number of nitrogens with zero attached hydrogens (tertiary/aromatic N) is 2. The Bertz CT molecular complexity index is 891. The monoisotopic (exact) mass is 398 g/mol. The minimum atomic E-state index is -0.890. The Hall–Kier alpha value is -2.90. The fourth-order valence-electron chi connectivity index (χ4n) is 4.56. The normalized spacial score (nSPS) is 23.7. The van der Waals surface area contributed by atoms with Gasteiger partial charge in [-0.3, -0.25) is 19.8 Å². The second-order valence-electron chi connectivity index (χ2n) is 8.31. The smallest absolute Gasteiger partial charge is 0.322 e. The van der Waals surface area contributed by atoms with E-state index >= 15 is 0 Å². The maximum Gasteiger partial charge on any atom is 0.344 e. The van der Waals surface area contributed by atoms with Gasteiger partial charge in [0.25, 0.3) is 5.91 Å². The highest BCUT2D eigenvalue weighted by Crippen LogP contribution is 2.33. The van der Waals surface area contributed by atoms with Crippen molar-refractivity contribution in [1.82, 2.24) is 15.8 Å². The first kappa shape index (κ1) is 19.4. The Morgan fingerprint density at radius 2 is 1.86 bits per heavy atom. The summed E-state index contributed by atoms with van der Waals surface area (Å²) in [5.74, 6) is -1.64. The van der Waals surface area contributed by atoms with Crippen LogP contribution in [0.5, 0.6) is 0 Å². The van der Waals surface area contributed by atoms with Crippen LogP contribution in [0.3, 0.4) is 0 Å². The van der Waals surface area contributed by atoms with E-state index < -0.39 is 29.3 Å². The molecule has 29 heavy (non-hydrogen) atoms. The number of benzene rings is 1. The highest BCUT2D eigenvalue weighted by Gasteiger charge is 2.52. The minimum absolute atomic E-state index is 0.0496. The van der Waals surface area contributed by atoms with Crippen molar-refractivity contribution in [1.29, 1.82) is 0 Å². The van der Waals surface area contributed by atoms with Crippen LogP contribution in [0.2, 0.25) is 0 Å². The maximum absolute atomic E-state index is 12.8. The van der Waals surface area contributed by atoms with Gasteiger partial charge in [0.15, 0.2) is 0 Å². The Morgan fingerprint density at radius 3 is 2.59 bits per heavy atom. The lowest BCUT2D eigenvalue weighted by Gasteiger charge is -2.30. The Kier molecular flexibility index (Phi) is 4.80. The number of hydrogen-bond donors (Lipinski definition) is 2. The van der Waals surface area contributed by atoms with Gasteiger partial charge in [0, 0.05) is 18.7 Å². The molecule has 8 nitrogen and oxygen atoms in total. The van der Waals surface area contributed by atoms with Crippen molar-refractivity contribution in [3.05, 3.63) is 29.3 Å². The van der Waals surface area contributed by atoms with Crippen LogP contribution >= 0.6 is 0 Å². The van der Waals surface area contributed by atoms with Crippen molar-refractivity contribution >= 4 is 29.4 Å². The summed E-state index contributed by atoms with van der Waals surface area (Å²) >= 11 is 0. The fraction of sp³-hybridized carbons (Fsp3) is 0.524. The van der Waals surface area contributed by atoms with Crippen LogP contribution < -0.4 is 15.6 Å². The van der Waals surface area contributed by atoms with Gasteiger partial charge in [-0.15, -0.1) is 0 Å². The number of amides is 5. The van der Waals surface area contributed by atoms with Crippen LogP contribution in [0.4, 0.5) is 10.5 Å². The van der Waals surface area contributed by atoms with Crippen LogP contribution in [0.25, 0.3) is 0 Å². The van der Waals surface area contributed by atoms with Gasteiger partial charge in [-0.2, -0.15) is 5.01 Å². The third kappa shape index (κ3) is 3.26. The third-order valence-corrected chi connectivity index (χ3v) is 6.45. The molecule has 8 heteroatoms. The molecule has 0 radical (unpaired) electrons. The molecule has 2 saturated heterocycles. The second kappa shape index (κ2) is 7.17. The molecule has 1 saturated carbocycles. The van der Waals surface area contributed by atoms with Crippen molar-refractivity contribution in [2.75, 3.05) is 11.4 Å². The summed E-state index contributed by atoms with van der Waals surface area (Å²) in [6, 6.07) is 5.13. The van der Waals surface area contributed by atoms with E-state index in [-0.39, 0.29) is 18.9 Å². The molecule has 4 rings (SSSR count). The molecule has 0 bridgehead atoms. The lowest BCUT2D eigenvalue weighted by atomic mass is 9.82. The van der Waals surface area contributed by atoms with E-state index in [1.165, 1.54) is 0 Å². The number of anilines is 1. The quantitative estimate of drug-likeness (QED) is 0.760. The highest BCUT2D eigenvalue weighted by atomic mass is 16.2. The number of aryl methyl sites for hydroxylation is 1. The predicted molar refractivity (Wildman–Crippen MR) is 106 cm³/mol. The van der Waals surface area contributed by atoms with E-state index in [1.54, 1.807) is 4.90 Å². The van der Waals surface area contributed by atoms with Gasteiger partial charge >= 0.3 is 6.03 Å². The minimum Gasteiger partial charge on any atom is -0.322 e. The number of hydrogen-bond acceptors (Lipinski definition) is 4. The second-order valence-corrected chi connectivity index (χ2v) is 8.31. The van der Waals surface area contributed by atoms with Gasteiger partial charge in [-0.1, -0.05) is 31.4 Å². The van der Waals surface area contributed by atoms with Crippen molar-refractivity contribution in [2.45, 2.75) is 57.9 Å². The van der Waals surface area contributed by atoms with Gasteiger partial charge in [0.2, 0.25) is 11.8 Å². The van der Waals surface area contributed by atoms with Gasteiger partial charge in [-0.05, 0) is 43.9 Å². The van der Waals surface area contributed by atoms with Crippen LogP contribution in [0.1, 0.15) is 49.7 Å². The molecule has 154 valence electrons. The fourth-order valence-corrected chi connectivity index (χ4v) is 4.56. The van der Waals surface area contributed by atoms with Crippen LogP contribution in [0, 0.1) is 19.8 Å². The molecule has 1 unspecified atom stereocenters. The molecule has 3 fully saturated rings. The average Bonchev–Trinajstić information content (AvgIpc) is 3.18. The molecule has 1 aromatic carbocycles. The maximum atomic E-state index is 12.8. The van der Waals surface area contributed by atoms with Crippen molar-refractivity contribution in [2.24, 2.45) is 5.92 Å². The average molecular weight is 398 g/mol. The summed E-state index contributed by atoms with van der Waals surface area (Å²) in [6.07, 6.45) is 4.01. The lowest BCUT2D eigenvalue weighted by Crippen LogP contribution is -2.52. The summed E-state index contributed by atoms with van der Waals surface area (Å²) in [6.45, 7) is 4.15. The van der Waals surface area contributed by atoms with Crippen molar-refractivity contribution in [3.8, 4) is 0 Å². The largest absolute Gasteiger partial charge is 0.344 e. The molecule has 5 amide bonds. The molecule has 3 aliphatic rings. The zero-order valence-corrected chi connectivity index (χ0v) is 16.8. The highest BCUT2D eigenvalue weighted by molar-refractivity contribution is 6.08. The molecule has 1 aliphatic carbocycles. The molecule has 2 N–H and O–H groups in total. The van der Waals surface area contributed by atoms with E-state index in [1.807, 2.05) is 32.0 Å². The molecule has 2 heterocycles. The molecule has 1 atom stereocenters. The molecule has 2 aliphatic heterocycles. The van der Waals surface area contributed by atoms with E-state index in [2.05, 4.69) is 10.7 Å². The Balaban J connectivity index is 1.45. The van der Waals surface area contributed by atoms with E-state index in [9.17, 15) is 19.2 Å². The summed E-state index contributed by atoms with van der Waals surface area (Å²) < 4.78 is 0.